The van der Waals surface area contributed by atoms with Gasteiger partial charge in [-0.15, -0.1) is 6.58 Å². The van der Waals surface area contributed by atoms with Gasteiger partial charge in [-0.1, -0.05) is 29.4 Å². The molecule has 0 bridgehead atoms. The van der Waals surface area contributed by atoms with Gasteiger partial charge in [0.1, 0.15) is 17.0 Å². The number of nitrogens with zero attached hydrogens (tertiary/aromatic N) is 3. The van der Waals surface area contributed by atoms with E-state index in [-0.39, 0.29) is 12.4 Å². The summed E-state index contributed by atoms with van der Waals surface area (Å²) in [5.41, 5.74) is -0.399. The van der Waals surface area contributed by atoms with Crippen LogP contribution in [0.2, 0.25) is 0 Å². The number of carbonyl (C=O) groups is 1. The van der Waals surface area contributed by atoms with Crippen molar-refractivity contribution in [3.63, 3.8) is 0 Å². The fourth-order valence-electron chi connectivity index (χ4n) is 2.71. The number of amides is 2. The minimum Gasteiger partial charge on any atom is -0.481 e. The SMILES string of the molecule is C=CCN1C(=O)N(c2cc(C(C)(C)Oc3ccccc3)no2)C(O)C1O. The van der Waals surface area contributed by atoms with E-state index in [1.54, 1.807) is 0 Å². The number of aliphatic hydroxyl groups excluding tert-OH is 2. The molecule has 26 heavy (non-hydrogen) atoms. The number of rotatable bonds is 6. The van der Waals surface area contributed by atoms with Crippen LogP contribution in [-0.4, -0.2) is 45.3 Å². The molecule has 3 rings (SSSR count). The summed E-state index contributed by atoms with van der Waals surface area (Å²) in [5.74, 6) is 0.680. The zero-order valence-electron chi connectivity index (χ0n) is 14.6. The summed E-state index contributed by atoms with van der Waals surface area (Å²) in [7, 11) is 0. The molecule has 2 aromatic rings. The molecule has 138 valence electrons. The number of anilines is 1. The molecule has 1 aromatic carbocycles. The third-order valence-corrected chi connectivity index (χ3v) is 4.10. The van der Waals surface area contributed by atoms with Crippen molar-refractivity contribution in [3.05, 3.63) is 54.7 Å². The van der Waals surface area contributed by atoms with Crippen LogP contribution in [0, 0.1) is 0 Å². The number of carbonyl (C=O) groups excluding carboxylic acids is 1. The lowest BCUT2D eigenvalue weighted by molar-refractivity contribution is -0.0242. The lowest BCUT2D eigenvalue weighted by Gasteiger charge is -2.23. The Morgan fingerprint density at radius 3 is 2.65 bits per heavy atom. The van der Waals surface area contributed by atoms with Gasteiger partial charge in [0.05, 0.1) is 0 Å². The maximum atomic E-state index is 12.4. The minimum atomic E-state index is -1.47. The van der Waals surface area contributed by atoms with Crippen LogP contribution < -0.4 is 9.64 Å². The van der Waals surface area contributed by atoms with Crippen molar-refractivity contribution >= 4 is 11.9 Å². The van der Waals surface area contributed by atoms with E-state index >= 15 is 0 Å². The van der Waals surface area contributed by atoms with E-state index in [2.05, 4.69) is 11.7 Å². The predicted molar refractivity (Wildman–Crippen MR) is 93.4 cm³/mol. The Bertz CT molecular complexity index is 789. The molecule has 0 radical (unpaired) electrons. The minimum absolute atomic E-state index is 0.0212. The summed E-state index contributed by atoms with van der Waals surface area (Å²) in [6.07, 6.45) is -1.40. The van der Waals surface area contributed by atoms with Crippen molar-refractivity contribution in [3.8, 4) is 5.75 Å². The smallest absolute Gasteiger partial charge is 0.331 e. The molecule has 1 fully saturated rings. The third-order valence-electron chi connectivity index (χ3n) is 4.10. The molecule has 2 N–H and O–H groups in total. The molecule has 8 heteroatoms. The summed E-state index contributed by atoms with van der Waals surface area (Å²) >= 11 is 0. The number of aliphatic hydroxyl groups is 2. The Labute approximate surface area is 150 Å². The van der Waals surface area contributed by atoms with Crippen molar-refractivity contribution < 1.29 is 24.3 Å². The van der Waals surface area contributed by atoms with Crippen molar-refractivity contribution in [2.24, 2.45) is 0 Å². The van der Waals surface area contributed by atoms with E-state index in [4.69, 9.17) is 9.26 Å². The molecular formula is C18H21N3O5. The zero-order chi connectivity index (χ0) is 18.9. The Hall–Kier alpha value is -2.84. The fraction of sp³-hybridized carbons (Fsp3) is 0.333. The van der Waals surface area contributed by atoms with Crippen molar-refractivity contribution in [1.29, 1.82) is 0 Å². The number of para-hydroxylation sites is 1. The Morgan fingerprint density at radius 2 is 2.00 bits per heavy atom. The molecule has 0 spiro atoms. The first kappa shape index (κ1) is 18.0. The van der Waals surface area contributed by atoms with Gasteiger partial charge in [0.15, 0.2) is 12.5 Å². The number of ether oxygens (including phenoxy) is 1. The molecule has 1 aliphatic heterocycles. The Kier molecular flexibility index (Phi) is 4.71. The second-order valence-corrected chi connectivity index (χ2v) is 6.40. The average Bonchev–Trinajstić information content (AvgIpc) is 3.16. The molecule has 2 atom stereocenters. The molecule has 0 aliphatic carbocycles. The maximum Gasteiger partial charge on any atom is 0.331 e. The highest BCUT2D eigenvalue weighted by atomic mass is 16.5. The topological polar surface area (TPSA) is 99.3 Å². The van der Waals surface area contributed by atoms with Gasteiger partial charge >= 0.3 is 6.03 Å². The highest BCUT2D eigenvalue weighted by Gasteiger charge is 2.46. The van der Waals surface area contributed by atoms with Gasteiger partial charge in [-0.25, -0.2) is 9.69 Å². The van der Waals surface area contributed by atoms with Crippen molar-refractivity contribution in [1.82, 2.24) is 10.1 Å². The van der Waals surface area contributed by atoms with Gasteiger partial charge < -0.3 is 19.5 Å². The first-order valence-electron chi connectivity index (χ1n) is 8.13. The van der Waals surface area contributed by atoms with Gasteiger partial charge in [0.25, 0.3) is 0 Å². The van der Waals surface area contributed by atoms with E-state index in [1.165, 1.54) is 12.1 Å². The quantitative estimate of drug-likeness (QED) is 0.766. The van der Waals surface area contributed by atoms with Crippen LogP contribution in [0.1, 0.15) is 19.5 Å². The van der Waals surface area contributed by atoms with Crippen molar-refractivity contribution in [2.45, 2.75) is 31.9 Å². The standard InChI is InChI=1S/C18H21N3O5/c1-4-10-20-15(22)16(23)21(17(20)24)14-11-13(19-26-14)18(2,3)25-12-8-6-5-7-9-12/h4-9,11,15-16,22-23H,1,10H2,2-3H3. The monoisotopic (exact) mass is 359 g/mol. The molecule has 8 nitrogen and oxygen atoms in total. The number of hydrogen-bond donors (Lipinski definition) is 2. The van der Waals surface area contributed by atoms with E-state index in [1.807, 2.05) is 44.2 Å². The van der Waals surface area contributed by atoms with E-state index in [0.29, 0.717) is 11.4 Å². The highest BCUT2D eigenvalue weighted by Crippen LogP contribution is 2.32. The van der Waals surface area contributed by atoms with Gasteiger partial charge in [-0.3, -0.25) is 4.90 Å². The summed E-state index contributed by atoms with van der Waals surface area (Å²) in [6.45, 7) is 7.25. The lowest BCUT2D eigenvalue weighted by Crippen LogP contribution is -2.37. The van der Waals surface area contributed by atoms with Gasteiger partial charge in [-0.05, 0) is 26.0 Å². The molecule has 0 saturated carbocycles. The molecular weight excluding hydrogens is 338 g/mol. The number of hydrogen-bond acceptors (Lipinski definition) is 6. The Morgan fingerprint density at radius 1 is 1.31 bits per heavy atom. The van der Waals surface area contributed by atoms with E-state index in [0.717, 1.165) is 9.80 Å². The second-order valence-electron chi connectivity index (χ2n) is 6.40. The highest BCUT2D eigenvalue weighted by molar-refractivity contribution is 5.93. The number of urea groups is 1. The van der Waals surface area contributed by atoms with Gasteiger partial charge in [0, 0.05) is 12.6 Å². The van der Waals surface area contributed by atoms with Crippen molar-refractivity contribution in [2.75, 3.05) is 11.4 Å². The number of benzene rings is 1. The first-order chi connectivity index (χ1) is 12.3. The van der Waals surface area contributed by atoms with Gasteiger partial charge in [-0.2, -0.15) is 0 Å². The second kappa shape index (κ2) is 6.81. The summed E-state index contributed by atoms with van der Waals surface area (Å²) < 4.78 is 11.2. The summed E-state index contributed by atoms with van der Waals surface area (Å²) in [6, 6.07) is 10.1. The predicted octanol–water partition coefficient (Wildman–Crippen LogP) is 2.05. The Balaban J connectivity index is 1.83. The van der Waals surface area contributed by atoms with Crippen LogP contribution in [0.3, 0.4) is 0 Å². The fourth-order valence-corrected chi connectivity index (χ4v) is 2.71. The lowest BCUT2D eigenvalue weighted by atomic mass is 10.1. The largest absolute Gasteiger partial charge is 0.481 e. The van der Waals surface area contributed by atoms with Crippen LogP contribution in [0.5, 0.6) is 5.75 Å². The molecule has 1 aromatic heterocycles. The van der Waals surface area contributed by atoms with Crippen LogP contribution in [0.25, 0.3) is 0 Å². The van der Waals surface area contributed by atoms with Gasteiger partial charge in [0.2, 0.25) is 5.88 Å². The first-order valence-corrected chi connectivity index (χ1v) is 8.13. The zero-order valence-corrected chi connectivity index (χ0v) is 14.6. The molecule has 1 saturated heterocycles. The van der Waals surface area contributed by atoms with Crippen LogP contribution >= 0.6 is 0 Å². The van der Waals surface area contributed by atoms with Crippen LogP contribution in [0.15, 0.2) is 53.6 Å². The average molecular weight is 359 g/mol. The van der Waals surface area contributed by atoms with E-state index < -0.39 is 24.1 Å². The molecule has 2 amide bonds. The normalized spacial score (nSPS) is 20.5. The molecule has 2 heterocycles. The maximum absolute atomic E-state index is 12.4. The summed E-state index contributed by atoms with van der Waals surface area (Å²) in [5, 5.41) is 24.2. The number of aromatic nitrogens is 1. The summed E-state index contributed by atoms with van der Waals surface area (Å²) in [4.78, 5) is 14.5. The van der Waals surface area contributed by atoms with E-state index in [9.17, 15) is 15.0 Å². The molecule has 2 unspecified atom stereocenters. The van der Waals surface area contributed by atoms with Crippen LogP contribution in [-0.2, 0) is 5.60 Å². The van der Waals surface area contributed by atoms with Crippen LogP contribution in [0.4, 0.5) is 10.7 Å². The molecule has 1 aliphatic rings. The third kappa shape index (κ3) is 3.16.